The molecule has 2 saturated carbocycles. The van der Waals surface area contributed by atoms with E-state index in [9.17, 15) is 14.4 Å². The number of carbonyl (C=O) groups excluding carboxylic acids is 3. The number of hydrogen-bond donors (Lipinski definition) is 0. The SMILES string of the molecule is CCCC(=O)OC1C=C2C(Cl)=CC3C(CCC4(C)C3CCC4(OC(C)=O)C(C)=O)C2(C)CC1. The van der Waals surface area contributed by atoms with Gasteiger partial charge >= 0.3 is 11.9 Å². The van der Waals surface area contributed by atoms with Gasteiger partial charge in [-0.2, -0.15) is 0 Å². The second-order valence-corrected chi connectivity index (χ2v) is 11.5. The third-order valence-electron chi connectivity index (χ3n) is 9.41. The molecule has 4 rings (SSSR count). The van der Waals surface area contributed by atoms with Gasteiger partial charge in [-0.05, 0) is 86.7 Å². The highest BCUT2D eigenvalue weighted by atomic mass is 35.5. The number of halogens is 1. The van der Waals surface area contributed by atoms with Crippen LogP contribution in [0.1, 0.15) is 86.0 Å². The van der Waals surface area contributed by atoms with Gasteiger partial charge in [-0.3, -0.25) is 14.4 Å². The Morgan fingerprint density at radius 1 is 1.03 bits per heavy atom. The van der Waals surface area contributed by atoms with Crippen molar-refractivity contribution in [3.63, 3.8) is 0 Å². The maximum Gasteiger partial charge on any atom is 0.306 e. The van der Waals surface area contributed by atoms with Crippen molar-refractivity contribution in [1.82, 2.24) is 0 Å². The van der Waals surface area contributed by atoms with Crippen molar-refractivity contribution < 1.29 is 23.9 Å². The summed E-state index contributed by atoms with van der Waals surface area (Å²) in [5, 5.41) is 0.743. The lowest BCUT2D eigenvalue weighted by Crippen LogP contribution is -2.58. The molecule has 0 aromatic heterocycles. The largest absolute Gasteiger partial charge is 0.458 e. The smallest absolute Gasteiger partial charge is 0.306 e. The van der Waals surface area contributed by atoms with Crippen molar-refractivity contribution in [1.29, 1.82) is 0 Å². The van der Waals surface area contributed by atoms with Crippen molar-refractivity contribution in [2.75, 3.05) is 0 Å². The van der Waals surface area contributed by atoms with Crippen LogP contribution >= 0.6 is 11.6 Å². The van der Waals surface area contributed by atoms with Crippen molar-refractivity contribution >= 4 is 29.3 Å². The molecule has 5 nitrogen and oxygen atoms in total. The molecule has 0 spiro atoms. The molecule has 4 aliphatic rings. The van der Waals surface area contributed by atoms with Gasteiger partial charge in [0.05, 0.1) is 0 Å². The minimum absolute atomic E-state index is 0.0479. The standard InChI is InChI=1S/C27H37ClO5/c1-6-7-24(31)32-18-8-11-25(4)20-9-12-26(5)21(19(20)15-23(28)22(25)14-18)10-13-27(26,16(2)29)33-17(3)30/h14-15,18-21H,6-13H2,1-5H3. The molecule has 0 heterocycles. The summed E-state index contributed by atoms with van der Waals surface area (Å²) in [6.45, 7) is 9.38. The number of ether oxygens (including phenoxy) is 2. The number of carbonyl (C=O) groups is 3. The molecular weight excluding hydrogens is 440 g/mol. The third-order valence-corrected chi connectivity index (χ3v) is 9.74. The van der Waals surface area contributed by atoms with Crippen LogP contribution < -0.4 is 0 Å². The number of hydrogen-bond acceptors (Lipinski definition) is 5. The first-order valence-corrected chi connectivity index (χ1v) is 12.9. The molecule has 4 aliphatic carbocycles. The molecule has 0 N–H and O–H groups in total. The van der Waals surface area contributed by atoms with E-state index in [1.807, 2.05) is 6.92 Å². The molecule has 0 amide bonds. The second kappa shape index (κ2) is 8.55. The molecule has 7 atom stereocenters. The monoisotopic (exact) mass is 476 g/mol. The first-order valence-electron chi connectivity index (χ1n) is 12.5. The fourth-order valence-electron chi connectivity index (χ4n) is 7.79. The van der Waals surface area contributed by atoms with E-state index in [1.165, 1.54) is 6.92 Å². The maximum atomic E-state index is 12.9. The predicted molar refractivity (Wildman–Crippen MR) is 126 cm³/mol. The fraction of sp³-hybridized carbons (Fsp3) is 0.741. The minimum Gasteiger partial charge on any atom is -0.458 e. The summed E-state index contributed by atoms with van der Waals surface area (Å²) in [5.74, 6) is 0.271. The molecule has 2 fully saturated rings. The van der Waals surface area contributed by atoms with Gasteiger partial charge < -0.3 is 9.47 Å². The maximum absolute atomic E-state index is 12.9. The molecule has 0 aromatic carbocycles. The van der Waals surface area contributed by atoms with Crippen LogP contribution in [0, 0.1) is 28.6 Å². The molecule has 7 unspecified atom stereocenters. The zero-order valence-electron chi connectivity index (χ0n) is 20.5. The summed E-state index contributed by atoms with van der Waals surface area (Å²) >= 11 is 6.92. The first kappa shape index (κ1) is 24.5. The number of esters is 2. The lowest BCUT2D eigenvalue weighted by atomic mass is 9.48. The molecule has 0 aliphatic heterocycles. The number of fused-ring (bicyclic) bond motifs is 5. The van der Waals surface area contributed by atoms with Crippen molar-refractivity contribution in [3.05, 3.63) is 22.8 Å². The Morgan fingerprint density at radius 2 is 1.73 bits per heavy atom. The van der Waals surface area contributed by atoms with Crippen molar-refractivity contribution in [2.24, 2.45) is 28.6 Å². The van der Waals surface area contributed by atoms with E-state index in [1.54, 1.807) is 6.92 Å². The van der Waals surface area contributed by atoms with Crippen LogP contribution in [-0.2, 0) is 23.9 Å². The highest BCUT2D eigenvalue weighted by Gasteiger charge is 2.67. The number of allylic oxidation sites excluding steroid dienone is 3. The Hall–Kier alpha value is -1.62. The lowest BCUT2D eigenvalue weighted by molar-refractivity contribution is -0.185. The van der Waals surface area contributed by atoms with Gasteiger partial charge in [0.15, 0.2) is 11.4 Å². The fourth-order valence-corrected chi connectivity index (χ4v) is 8.22. The van der Waals surface area contributed by atoms with Crippen molar-refractivity contribution in [3.8, 4) is 0 Å². The summed E-state index contributed by atoms with van der Waals surface area (Å²) in [5.41, 5.74) is -0.430. The van der Waals surface area contributed by atoms with Crippen LogP contribution in [0.4, 0.5) is 0 Å². The summed E-state index contributed by atoms with van der Waals surface area (Å²) < 4.78 is 11.5. The van der Waals surface area contributed by atoms with Gasteiger partial charge in [-0.1, -0.05) is 38.4 Å². The van der Waals surface area contributed by atoms with Crippen LogP contribution in [-0.4, -0.2) is 29.4 Å². The summed E-state index contributed by atoms with van der Waals surface area (Å²) in [4.78, 5) is 36.9. The average molecular weight is 477 g/mol. The van der Waals surface area contributed by atoms with E-state index in [-0.39, 0.29) is 41.1 Å². The number of ketones is 1. The van der Waals surface area contributed by atoms with Crippen LogP contribution in [0.25, 0.3) is 0 Å². The normalized spacial score (nSPS) is 41.6. The minimum atomic E-state index is -1.04. The Balaban J connectivity index is 1.68. The van der Waals surface area contributed by atoms with E-state index >= 15 is 0 Å². The summed E-state index contributed by atoms with van der Waals surface area (Å²) in [6.07, 6.45) is 10.2. The van der Waals surface area contributed by atoms with Crippen molar-refractivity contribution in [2.45, 2.75) is 97.7 Å². The molecule has 33 heavy (non-hydrogen) atoms. The van der Waals surface area contributed by atoms with Gasteiger partial charge in [-0.15, -0.1) is 0 Å². The van der Waals surface area contributed by atoms with E-state index in [0.29, 0.717) is 18.8 Å². The van der Waals surface area contributed by atoms with Crippen LogP contribution in [0.15, 0.2) is 22.8 Å². The first-order chi connectivity index (χ1) is 15.5. The molecule has 6 heteroatoms. The topological polar surface area (TPSA) is 69.7 Å². The van der Waals surface area contributed by atoms with Gasteiger partial charge in [-0.25, -0.2) is 0 Å². The van der Waals surface area contributed by atoms with Crippen LogP contribution in [0.2, 0.25) is 0 Å². The van der Waals surface area contributed by atoms with Gasteiger partial charge in [0.2, 0.25) is 0 Å². The third kappa shape index (κ3) is 3.69. The van der Waals surface area contributed by atoms with E-state index < -0.39 is 11.0 Å². The highest BCUT2D eigenvalue weighted by Crippen LogP contribution is 2.68. The Kier molecular flexibility index (Phi) is 6.35. The lowest BCUT2D eigenvalue weighted by Gasteiger charge is -2.58. The zero-order chi connectivity index (χ0) is 24.2. The molecule has 0 bridgehead atoms. The molecular formula is C27H37ClO5. The summed E-state index contributed by atoms with van der Waals surface area (Å²) in [7, 11) is 0. The molecule has 0 radical (unpaired) electrons. The number of Topliss-reactive ketones (excluding diaryl/α,β-unsaturated/α-hetero) is 1. The van der Waals surface area contributed by atoms with E-state index in [2.05, 4.69) is 26.0 Å². The zero-order valence-corrected chi connectivity index (χ0v) is 21.3. The van der Waals surface area contributed by atoms with E-state index in [0.717, 1.165) is 49.1 Å². The van der Waals surface area contributed by atoms with Crippen LogP contribution in [0.3, 0.4) is 0 Å². The second-order valence-electron chi connectivity index (χ2n) is 11.1. The van der Waals surface area contributed by atoms with Gasteiger partial charge in [0.25, 0.3) is 0 Å². The van der Waals surface area contributed by atoms with Gasteiger partial charge in [0.1, 0.15) is 6.10 Å². The Morgan fingerprint density at radius 3 is 2.36 bits per heavy atom. The quantitative estimate of drug-likeness (QED) is 0.462. The molecule has 182 valence electrons. The highest BCUT2D eigenvalue weighted by molar-refractivity contribution is 6.32. The Bertz CT molecular complexity index is 921. The van der Waals surface area contributed by atoms with Gasteiger partial charge in [0, 0.05) is 23.8 Å². The predicted octanol–water partition coefficient (Wildman–Crippen LogP) is 5.89. The number of rotatable bonds is 5. The molecule has 0 saturated heterocycles. The average Bonchev–Trinajstić information content (AvgIpc) is 3.02. The Labute approximate surface area is 202 Å². The van der Waals surface area contributed by atoms with Crippen LogP contribution in [0.5, 0.6) is 0 Å². The molecule has 0 aromatic rings. The summed E-state index contributed by atoms with van der Waals surface area (Å²) in [6, 6.07) is 0. The van der Waals surface area contributed by atoms with E-state index in [4.69, 9.17) is 21.1 Å².